The Bertz CT molecular complexity index is 1170. The van der Waals surface area contributed by atoms with Gasteiger partial charge in [0.1, 0.15) is 4.21 Å². The average molecular weight is 448 g/mol. The molecule has 1 fully saturated rings. The third-order valence-corrected chi connectivity index (χ3v) is 7.54. The summed E-state index contributed by atoms with van der Waals surface area (Å²) >= 11 is 0.742. The van der Waals surface area contributed by atoms with Gasteiger partial charge in [-0.15, -0.1) is 0 Å². The zero-order chi connectivity index (χ0) is 21.1. The second-order valence-electron chi connectivity index (χ2n) is 6.54. The van der Waals surface area contributed by atoms with Crippen LogP contribution in [0.5, 0.6) is 0 Å². The Morgan fingerprint density at radius 3 is 2.70 bits per heavy atom. The highest BCUT2D eigenvalue weighted by atomic mass is 32.2. The number of H-pyrrole nitrogens is 1. The van der Waals surface area contributed by atoms with Crippen LogP contribution in [0.2, 0.25) is 0 Å². The zero-order valence-corrected chi connectivity index (χ0v) is 17.0. The van der Waals surface area contributed by atoms with E-state index >= 15 is 0 Å². The minimum Gasteiger partial charge on any atom is -0.307 e. The molecule has 3 aromatic rings. The number of ketones is 1. The molecule has 30 heavy (non-hydrogen) atoms. The van der Waals surface area contributed by atoms with Crippen LogP contribution in [0, 0.1) is 5.92 Å². The van der Waals surface area contributed by atoms with E-state index in [0.717, 1.165) is 43.2 Å². The lowest BCUT2D eigenvalue weighted by atomic mass is 9.96. The Morgan fingerprint density at radius 2 is 1.97 bits per heavy atom. The lowest BCUT2D eigenvalue weighted by Gasteiger charge is -2.13. The van der Waals surface area contributed by atoms with E-state index in [2.05, 4.69) is 41.2 Å². The fourth-order valence-corrected chi connectivity index (χ4v) is 5.30. The maximum atomic E-state index is 12.7. The van der Waals surface area contributed by atoms with Gasteiger partial charge >= 0.3 is 6.03 Å². The van der Waals surface area contributed by atoms with Gasteiger partial charge in [0.25, 0.3) is 15.0 Å². The predicted octanol–water partition coefficient (Wildman–Crippen LogP) is 1.90. The van der Waals surface area contributed by atoms with Crippen LogP contribution in [0.3, 0.4) is 0 Å². The number of carbonyl (C=O) groups excluding carboxylic acids is 2. The standard InChI is InChI=1S/C16H16N8O4S2/c25-13(9-3-1-2-4-9)10-7-17-6-5-11(10)19-14(26)20-15-18-8-12(29-15)30(27,28)16-21-23-24-22-16/h5-9H,1-4H2,(H,21,22,23,24)(H2,17,18,19,20,26). The van der Waals surface area contributed by atoms with E-state index in [1.165, 1.54) is 18.5 Å². The number of aromatic amines is 1. The number of anilines is 2. The molecule has 0 aromatic carbocycles. The Labute approximate surface area is 174 Å². The number of nitrogens with zero attached hydrogens (tertiary/aromatic N) is 5. The van der Waals surface area contributed by atoms with Gasteiger partial charge in [0.05, 0.1) is 17.4 Å². The van der Waals surface area contributed by atoms with E-state index in [1.54, 1.807) is 0 Å². The van der Waals surface area contributed by atoms with Gasteiger partial charge in [0, 0.05) is 18.3 Å². The van der Waals surface area contributed by atoms with Gasteiger partial charge in [-0.05, 0) is 29.3 Å². The predicted molar refractivity (Wildman–Crippen MR) is 105 cm³/mol. The maximum absolute atomic E-state index is 12.7. The highest BCUT2D eigenvalue weighted by Gasteiger charge is 2.27. The van der Waals surface area contributed by atoms with E-state index in [1.807, 2.05) is 0 Å². The van der Waals surface area contributed by atoms with Crippen molar-refractivity contribution in [2.45, 2.75) is 35.0 Å². The van der Waals surface area contributed by atoms with Crippen molar-refractivity contribution < 1.29 is 18.0 Å². The molecule has 0 radical (unpaired) electrons. The summed E-state index contributed by atoms with van der Waals surface area (Å²) in [5, 5.41) is 16.7. The minimum absolute atomic E-state index is 0.0424. The fraction of sp³-hybridized carbons (Fsp3) is 0.312. The van der Waals surface area contributed by atoms with Gasteiger partial charge in [-0.25, -0.2) is 23.3 Å². The van der Waals surface area contributed by atoms with Gasteiger partial charge in [-0.3, -0.25) is 15.1 Å². The summed E-state index contributed by atoms with van der Waals surface area (Å²) in [6.07, 6.45) is 7.70. The number of tetrazole rings is 1. The van der Waals surface area contributed by atoms with E-state index in [9.17, 15) is 18.0 Å². The highest BCUT2D eigenvalue weighted by Crippen LogP contribution is 2.30. The first-order chi connectivity index (χ1) is 14.4. The molecular weight excluding hydrogens is 432 g/mol. The smallest absolute Gasteiger partial charge is 0.307 e. The third-order valence-electron chi connectivity index (χ3n) is 4.61. The van der Waals surface area contributed by atoms with Crippen molar-refractivity contribution in [3.05, 3.63) is 30.2 Å². The molecule has 0 bridgehead atoms. The minimum atomic E-state index is -3.96. The van der Waals surface area contributed by atoms with Gasteiger partial charge in [-0.2, -0.15) is 0 Å². The summed E-state index contributed by atoms with van der Waals surface area (Å²) < 4.78 is 24.6. The number of carbonyl (C=O) groups is 2. The second kappa shape index (κ2) is 8.23. The Kier molecular flexibility index (Phi) is 5.50. The number of Topliss-reactive ketones (excluding diaryl/α,β-unsaturated/α-hetero) is 1. The first-order valence-corrected chi connectivity index (χ1v) is 11.3. The molecule has 0 unspecified atom stereocenters. The monoisotopic (exact) mass is 448 g/mol. The molecule has 1 saturated carbocycles. The molecule has 12 nitrogen and oxygen atoms in total. The van der Waals surface area contributed by atoms with Crippen molar-refractivity contribution in [3.63, 3.8) is 0 Å². The molecule has 0 spiro atoms. The number of pyridine rings is 1. The molecule has 14 heteroatoms. The molecule has 4 rings (SSSR count). The number of urea groups is 1. The van der Waals surface area contributed by atoms with Gasteiger partial charge in [0.15, 0.2) is 10.9 Å². The van der Waals surface area contributed by atoms with Crippen LogP contribution in [0.25, 0.3) is 0 Å². The summed E-state index contributed by atoms with van der Waals surface area (Å²) in [5.74, 6) is -0.102. The molecule has 3 heterocycles. The number of hydrogen-bond acceptors (Lipinski definition) is 10. The van der Waals surface area contributed by atoms with Crippen LogP contribution in [0.15, 0.2) is 34.0 Å². The molecule has 1 aliphatic rings. The van der Waals surface area contributed by atoms with E-state index in [4.69, 9.17) is 0 Å². The van der Waals surface area contributed by atoms with Gasteiger partial charge in [0.2, 0.25) is 0 Å². The molecule has 3 aromatic heterocycles. The van der Waals surface area contributed by atoms with E-state index in [-0.39, 0.29) is 21.0 Å². The molecular formula is C16H16N8O4S2. The molecule has 3 N–H and O–H groups in total. The van der Waals surface area contributed by atoms with Crippen molar-refractivity contribution in [1.29, 1.82) is 0 Å². The molecule has 0 aliphatic heterocycles. The van der Waals surface area contributed by atoms with Crippen LogP contribution < -0.4 is 10.6 Å². The van der Waals surface area contributed by atoms with Crippen LogP contribution in [0.1, 0.15) is 36.0 Å². The van der Waals surface area contributed by atoms with Crippen molar-refractivity contribution >= 4 is 43.8 Å². The van der Waals surface area contributed by atoms with E-state index in [0.29, 0.717) is 11.3 Å². The maximum Gasteiger partial charge on any atom is 0.325 e. The topological polar surface area (TPSA) is 173 Å². The summed E-state index contributed by atoms with van der Waals surface area (Å²) in [5.41, 5.74) is 0.677. The molecule has 0 atom stereocenters. The first-order valence-electron chi connectivity index (χ1n) is 8.96. The largest absolute Gasteiger partial charge is 0.325 e. The quantitative estimate of drug-likeness (QED) is 0.476. The van der Waals surface area contributed by atoms with Crippen LogP contribution in [-0.4, -0.2) is 50.8 Å². The summed E-state index contributed by atoms with van der Waals surface area (Å²) in [6.45, 7) is 0. The van der Waals surface area contributed by atoms with Crippen LogP contribution in [0.4, 0.5) is 15.6 Å². The summed E-state index contributed by atoms with van der Waals surface area (Å²) in [4.78, 5) is 33.0. The normalized spacial score (nSPS) is 14.5. The molecule has 0 saturated heterocycles. The van der Waals surface area contributed by atoms with Crippen molar-refractivity contribution in [2.75, 3.05) is 10.6 Å². The second-order valence-corrected chi connectivity index (χ2v) is 9.66. The number of rotatable bonds is 6. The SMILES string of the molecule is O=C(Nc1ncc(S(=O)(=O)c2nnn[nH]2)s1)Nc1ccncc1C(=O)C1CCCC1. The number of hydrogen-bond donors (Lipinski definition) is 3. The number of nitrogens with one attached hydrogen (secondary N) is 3. The molecule has 2 amide bonds. The molecule has 1 aliphatic carbocycles. The summed E-state index contributed by atoms with van der Waals surface area (Å²) in [6, 6.07) is 0.873. The van der Waals surface area contributed by atoms with Gasteiger partial charge < -0.3 is 5.32 Å². The fourth-order valence-electron chi connectivity index (χ4n) is 3.16. The Morgan fingerprint density at radius 1 is 1.17 bits per heavy atom. The zero-order valence-electron chi connectivity index (χ0n) is 15.4. The van der Waals surface area contributed by atoms with Crippen LogP contribution in [-0.2, 0) is 9.84 Å². The van der Waals surface area contributed by atoms with Crippen molar-refractivity contribution in [2.24, 2.45) is 5.92 Å². The van der Waals surface area contributed by atoms with E-state index < -0.39 is 21.0 Å². The van der Waals surface area contributed by atoms with Crippen LogP contribution >= 0.6 is 11.3 Å². The number of amides is 2. The Balaban J connectivity index is 1.46. The Hall–Kier alpha value is -3.26. The summed E-state index contributed by atoms with van der Waals surface area (Å²) in [7, 11) is -3.96. The van der Waals surface area contributed by atoms with Gasteiger partial charge in [-0.1, -0.05) is 29.3 Å². The molecule has 156 valence electrons. The lowest BCUT2D eigenvalue weighted by Crippen LogP contribution is -2.22. The lowest BCUT2D eigenvalue weighted by molar-refractivity contribution is 0.0923. The van der Waals surface area contributed by atoms with Crippen molar-refractivity contribution in [1.82, 2.24) is 30.6 Å². The number of sulfone groups is 1. The van der Waals surface area contributed by atoms with Crippen molar-refractivity contribution in [3.8, 4) is 0 Å². The number of aromatic nitrogens is 6. The average Bonchev–Trinajstić information content (AvgIpc) is 3.50. The first kappa shape index (κ1) is 20.0. The highest BCUT2D eigenvalue weighted by molar-refractivity contribution is 7.93. The third kappa shape index (κ3) is 4.04. The number of thiazole rings is 1.